The Hall–Kier alpha value is -1.64. The number of amides is 1. The summed E-state index contributed by atoms with van der Waals surface area (Å²) >= 11 is 0. The van der Waals surface area contributed by atoms with Crippen LogP contribution in [0.25, 0.3) is 0 Å². The predicted molar refractivity (Wildman–Crippen MR) is 75.1 cm³/mol. The van der Waals surface area contributed by atoms with E-state index in [4.69, 9.17) is 0 Å². The van der Waals surface area contributed by atoms with Crippen LogP contribution in [-0.2, 0) is 11.2 Å². The minimum atomic E-state index is 0.0614. The molecule has 1 heterocycles. The molecule has 0 atom stereocenters. The second-order valence-corrected chi connectivity index (χ2v) is 5.60. The highest BCUT2D eigenvalue weighted by molar-refractivity contribution is 5.98. The van der Waals surface area contributed by atoms with Crippen LogP contribution < -0.4 is 0 Å². The van der Waals surface area contributed by atoms with E-state index in [2.05, 4.69) is 13.8 Å². The first-order chi connectivity index (χ1) is 9.06. The Bertz CT molecular complexity index is 458. The molecule has 0 bridgehead atoms. The van der Waals surface area contributed by atoms with Crippen LogP contribution in [0.2, 0.25) is 0 Å². The van der Waals surface area contributed by atoms with Crippen LogP contribution in [0.5, 0.6) is 0 Å². The molecule has 0 N–H and O–H groups in total. The Morgan fingerprint density at radius 3 is 2.26 bits per heavy atom. The molecule has 2 rings (SSSR count). The van der Waals surface area contributed by atoms with Gasteiger partial charge in [-0.1, -0.05) is 38.1 Å². The lowest BCUT2D eigenvalue weighted by molar-refractivity contribution is -0.125. The topological polar surface area (TPSA) is 37.1 Å². The maximum absolute atomic E-state index is 12.0. The summed E-state index contributed by atoms with van der Waals surface area (Å²) in [5.74, 6) is 0.780. The molecule has 3 nitrogen and oxygen atoms in total. The Balaban J connectivity index is 1.86. The molecule has 0 radical (unpaired) electrons. The Morgan fingerprint density at radius 2 is 1.74 bits per heavy atom. The molecule has 1 aromatic carbocycles. The zero-order valence-electron chi connectivity index (χ0n) is 11.7. The van der Waals surface area contributed by atoms with Gasteiger partial charge in [0.1, 0.15) is 0 Å². The van der Waals surface area contributed by atoms with Gasteiger partial charge in [-0.05, 0) is 17.9 Å². The molecule has 0 saturated carbocycles. The van der Waals surface area contributed by atoms with Crippen molar-refractivity contribution in [2.75, 3.05) is 13.1 Å². The van der Waals surface area contributed by atoms with E-state index in [1.165, 1.54) is 5.56 Å². The predicted octanol–water partition coefficient (Wildman–Crippen LogP) is 2.69. The molecule has 0 aliphatic carbocycles. The maximum atomic E-state index is 12.0. The molecular formula is C16H21NO2. The Kier molecular flexibility index (Phi) is 4.35. The van der Waals surface area contributed by atoms with E-state index in [9.17, 15) is 9.59 Å². The molecule has 1 saturated heterocycles. The van der Waals surface area contributed by atoms with Crippen molar-refractivity contribution in [3.05, 3.63) is 35.4 Å². The van der Waals surface area contributed by atoms with Gasteiger partial charge in [-0.15, -0.1) is 0 Å². The largest absolute Gasteiger partial charge is 0.339 e. The van der Waals surface area contributed by atoms with E-state index in [-0.39, 0.29) is 11.7 Å². The quantitative estimate of drug-likeness (QED) is 0.582. The Morgan fingerprint density at radius 1 is 1.11 bits per heavy atom. The summed E-state index contributed by atoms with van der Waals surface area (Å²) < 4.78 is 0. The fourth-order valence-electron chi connectivity index (χ4n) is 2.12. The van der Waals surface area contributed by atoms with Gasteiger partial charge in [-0.25, -0.2) is 0 Å². The third-order valence-electron chi connectivity index (χ3n) is 3.29. The standard InChI is InChI=1S/C16H21NO2/c1-12(2)11-13-3-5-14(6-4-13)15(18)7-8-16(19)17-9-10-17/h3-6,12H,7-11H2,1-2H3. The maximum Gasteiger partial charge on any atom is 0.223 e. The van der Waals surface area contributed by atoms with Crippen LogP contribution in [0.1, 0.15) is 42.6 Å². The summed E-state index contributed by atoms with van der Waals surface area (Å²) in [5.41, 5.74) is 1.97. The average molecular weight is 259 g/mol. The number of carbonyl (C=O) groups excluding carboxylic acids is 2. The highest BCUT2D eigenvalue weighted by Gasteiger charge is 2.24. The summed E-state index contributed by atoms with van der Waals surface area (Å²) in [5, 5.41) is 0. The number of rotatable bonds is 6. The first-order valence-corrected chi connectivity index (χ1v) is 6.96. The minimum Gasteiger partial charge on any atom is -0.339 e. The number of ketones is 1. The molecule has 102 valence electrons. The molecular weight excluding hydrogens is 238 g/mol. The molecule has 3 heteroatoms. The van der Waals surface area contributed by atoms with Crippen molar-refractivity contribution < 1.29 is 9.59 Å². The van der Waals surface area contributed by atoms with Crippen molar-refractivity contribution in [3.63, 3.8) is 0 Å². The third kappa shape index (κ3) is 4.19. The fourth-order valence-corrected chi connectivity index (χ4v) is 2.12. The number of hydrogen-bond donors (Lipinski definition) is 0. The van der Waals surface area contributed by atoms with E-state index in [0.29, 0.717) is 24.3 Å². The monoisotopic (exact) mass is 259 g/mol. The van der Waals surface area contributed by atoms with Crippen LogP contribution in [0, 0.1) is 5.92 Å². The van der Waals surface area contributed by atoms with E-state index < -0.39 is 0 Å². The minimum absolute atomic E-state index is 0.0614. The van der Waals surface area contributed by atoms with Crippen LogP contribution >= 0.6 is 0 Å². The van der Waals surface area contributed by atoms with Gasteiger partial charge in [0.2, 0.25) is 5.91 Å². The van der Waals surface area contributed by atoms with Gasteiger partial charge < -0.3 is 4.90 Å². The molecule has 0 aromatic heterocycles. The summed E-state index contributed by atoms with van der Waals surface area (Å²) in [6, 6.07) is 7.78. The van der Waals surface area contributed by atoms with E-state index >= 15 is 0 Å². The van der Waals surface area contributed by atoms with Crippen molar-refractivity contribution in [2.24, 2.45) is 5.92 Å². The van der Waals surface area contributed by atoms with Gasteiger partial charge in [0.15, 0.2) is 5.78 Å². The lowest BCUT2D eigenvalue weighted by Crippen LogP contribution is -2.12. The van der Waals surface area contributed by atoms with E-state index in [0.717, 1.165) is 19.5 Å². The molecule has 19 heavy (non-hydrogen) atoms. The SMILES string of the molecule is CC(C)Cc1ccc(C(=O)CCC(=O)N2CC2)cc1. The molecule has 1 fully saturated rings. The van der Waals surface area contributed by atoms with Crippen molar-refractivity contribution in [1.82, 2.24) is 4.90 Å². The van der Waals surface area contributed by atoms with Crippen LogP contribution in [0.4, 0.5) is 0 Å². The average Bonchev–Trinajstić information content (AvgIpc) is 3.20. The summed E-state index contributed by atoms with van der Waals surface area (Å²) in [4.78, 5) is 25.2. The molecule has 1 aromatic rings. The molecule has 0 spiro atoms. The van der Waals surface area contributed by atoms with Crippen LogP contribution in [0.3, 0.4) is 0 Å². The van der Waals surface area contributed by atoms with Crippen molar-refractivity contribution in [2.45, 2.75) is 33.1 Å². The summed E-state index contributed by atoms with van der Waals surface area (Å²) in [6.45, 7) is 6.07. The van der Waals surface area contributed by atoms with Gasteiger partial charge in [0, 0.05) is 31.5 Å². The zero-order valence-corrected chi connectivity index (χ0v) is 11.7. The summed E-state index contributed by atoms with van der Waals surface area (Å²) in [7, 11) is 0. The fraction of sp³-hybridized carbons (Fsp3) is 0.500. The van der Waals surface area contributed by atoms with Gasteiger partial charge in [-0.3, -0.25) is 9.59 Å². The number of benzene rings is 1. The van der Waals surface area contributed by atoms with Crippen molar-refractivity contribution >= 4 is 11.7 Å². The number of carbonyl (C=O) groups is 2. The highest BCUT2D eigenvalue weighted by atomic mass is 16.2. The van der Waals surface area contributed by atoms with Crippen LogP contribution in [-0.4, -0.2) is 29.7 Å². The molecule has 1 amide bonds. The molecule has 1 aliphatic rings. The number of nitrogens with zero attached hydrogens (tertiary/aromatic N) is 1. The second kappa shape index (κ2) is 6.00. The van der Waals surface area contributed by atoms with E-state index in [1.54, 1.807) is 4.90 Å². The van der Waals surface area contributed by atoms with Gasteiger partial charge in [0.05, 0.1) is 0 Å². The lowest BCUT2D eigenvalue weighted by atomic mass is 9.99. The highest BCUT2D eigenvalue weighted by Crippen LogP contribution is 2.13. The smallest absolute Gasteiger partial charge is 0.223 e. The van der Waals surface area contributed by atoms with Crippen LogP contribution in [0.15, 0.2) is 24.3 Å². The molecule has 0 unspecified atom stereocenters. The van der Waals surface area contributed by atoms with Crippen molar-refractivity contribution in [1.29, 1.82) is 0 Å². The summed E-state index contributed by atoms with van der Waals surface area (Å²) in [6.07, 6.45) is 1.69. The second-order valence-electron chi connectivity index (χ2n) is 5.60. The van der Waals surface area contributed by atoms with Gasteiger partial charge in [-0.2, -0.15) is 0 Å². The lowest BCUT2D eigenvalue weighted by Gasteiger charge is -2.06. The normalized spacial score (nSPS) is 13.7. The Labute approximate surface area is 114 Å². The number of hydrogen-bond acceptors (Lipinski definition) is 2. The zero-order chi connectivity index (χ0) is 13.8. The third-order valence-corrected chi connectivity index (χ3v) is 3.29. The number of Topliss-reactive ketones (excluding diaryl/α,β-unsaturated/α-hetero) is 1. The first kappa shape index (κ1) is 13.8. The van der Waals surface area contributed by atoms with Gasteiger partial charge >= 0.3 is 0 Å². The first-order valence-electron chi connectivity index (χ1n) is 6.96. The van der Waals surface area contributed by atoms with Gasteiger partial charge in [0.25, 0.3) is 0 Å². The van der Waals surface area contributed by atoms with Crippen molar-refractivity contribution in [3.8, 4) is 0 Å². The van der Waals surface area contributed by atoms with E-state index in [1.807, 2.05) is 24.3 Å². The molecule has 1 aliphatic heterocycles.